The van der Waals surface area contributed by atoms with E-state index in [1.807, 2.05) is 31.2 Å². The van der Waals surface area contributed by atoms with E-state index in [9.17, 15) is 8.42 Å². The van der Waals surface area contributed by atoms with Crippen molar-refractivity contribution in [2.45, 2.75) is 19.6 Å². The van der Waals surface area contributed by atoms with Gasteiger partial charge in [0.25, 0.3) is 0 Å². The maximum absolute atomic E-state index is 11.0. The first-order chi connectivity index (χ1) is 7.92. The topological polar surface area (TPSA) is 66.4 Å². The molecule has 1 aromatic carbocycles. The van der Waals surface area contributed by atoms with Crippen molar-refractivity contribution in [3.8, 4) is 0 Å². The summed E-state index contributed by atoms with van der Waals surface area (Å²) in [6.07, 6.45) is 1.23. The standard InChI is InChI=1S/C12H19NO3S/c1-10(13-6-7-17(2,15)16)12-5-3-4-11(8-12)9-14/h3-5,8,10,13-14H,6-7,9H2,1-2H3. The molecule has 0 aliphatic rings. The van der Waals surface area contributed by atoms with Gasteiger partial charge in [-0.25, -0.2) is 8.42 Å². The molecule has 2 N–H and O–H groups in total. The Hall–Kier alpha value is -0.910. The molecule has 1 aromatic rings. The Kier molecular flexibility index (Phi) is 5.11. The Morgan fingerprint density at radius 1 is 1.41 bits per heavy atom. The summed E-state index contributed by atoms with van der Waals surface area (Å²) in [5.41, 5.74) is 1.91. The van der Waals surface area contributed by atoms with Crippen LogP contribution in [0.1, 0.15) is 24.1 Å². The van der Waals surface area contributed by atoms with Gasteiger partial charge in [-0.2, -0.15) is 0 Å². The van der Waals surface area contributed by atoms with Crippen LogP contribution in [0.4, 0.5) is 0 Å². The van der Waals surface area contributed by atoms with Gasteiger partial charge in [0.2, 0.25) is 0 Å². The summed E-state index contributed by atoms with van der Waals surface area (Å²) in [7, 11) is -2.92. The minimum absolute atomic E-state index is 0.0178. The van der Waals surface area contributed by atoms with Crippen molar-refractivity contribution < 1.29 is 13.5 Å². The first-order valence-electron chi connectivity index (χ1n) is 5.53. The van der Waals surface area contributed by atoms with Crippen LogP contribution in [-0.2, 0) is 16.4 Å². The zero-order valence-corrected chi connectivity index (χ0v) is 11.0. The largest absolute Gasteiger partial charge is 0.392 e. The zero-order valence-electron chi connectivity index (χ0n) is 10.2. The van der Waals surface area contributed by atoms with E-state index >= 15 is 0 Å². The lowest BCUT2D eigenvalue weighted by molar-refractivity contribution is 0.281. The van der Waals surface area contributed by atoms with Crippen molar-refractivity contribution in [1.82, 2.24) is 5.32 Å². The predicted molar refractivity (Wildman–Crippen MR) is 68.5 cm³/mol. The van der Waals surface area contributed by atoms with Crippen LogP contribution in [0.5, 0.6) is 0 Å². The Bertz CT molecular complexity index is 457. The van der Waals surface area contributed by atoms with Gasteiger partial charge in [-0.05, 0) is 18.1 Å². The van der Waals surface area contributed by atoms with Crippen LogP contribution in [0, 0.1) is 0 Å². The molecule has 0 radical (unpaired) electrons. The Morgan fingerprint density at radius 3 is 2.71 bits per heavy atom. The number of benzene rings is 1. The minimum atomic E-state index is -2.92. The predicted octanol–water partition coefficient (Wildman–Crippen LogP) is 0.874. The second-order valence-corrected chi connectivity index (χ2v) is 6.47. The summed E-state index contributed by atoms with van der Waals surface area (Å²) in [6.45, 7) is 2.42. The molecule has 0 fully saturated rings. The van der Waals surface area contributed by atoms with Gasteiger partial charge in [0.15, 0.2) is 0 Å². The second kappa shape index (κ2) is 6.14. The molecule has 0 spiro atoms. The van der Waals surface area contributed by atoms with E-state index < -0.39 is 9.84 Å². The van der Waals surface area contributed by atoms with Gasteiger partial charge in [0.05, 0.1) is 12.4 Å². The van der Waals surface area contributed by atoms with Crippen molar-refractivity contribution in [3.05, 3.63) is 35.4 Å². The van der Waals surface area contributed by atoms with Gasteiger partial charge in [-0.15, -0.1) is 0 Å². The number of hydrogen-bond acceptors (Lipinski definition) is 4. The summed E-state index contributed by atoms with van der Waals surface area (Å²) >= 11 is 0. The maximum atomic E-state index is 11.0. The van der Waals surface area contributed by atoms with Crippen LogP contribution < -0.4 is 5.32 Å². The molecule has 1 atom stereocenters. The molecule has 0 aromatic heterocycles. The molecule has 0 saturated heterocycles. The van der Waals surface area contributed by atoms with Gasteiger partial charge in [0.1, 0.15) is 9.84 Å². The van der Waals surface area contributed by atoms with Crippen LogP contribution in [0.3, 0.4) is 0 Å². The Morgan fingerprint density at radius 2 is 2.12 bits per heavy atom. The van der Waals surface area contributed by atoms with Gasteiger partial charge in [-0.1, -0.05) is 24.3 Å². The number of rotatable bonds is 6. The van der Waals surface area contributed by atoms with Gasteiger partial charge in [0, 0.05) is 18.8 Å². The summed E-state index contributed by atoms with van der Waals surface area (Å²) < 4.78 is 22.0. The normalized spacial score (nSPS) is 13.6. The number of aliphatic hydroxyl groups excluding tert-OH is 1. The van der Waals surface area contributed by atoms with E-state index in [1.54, 1.807) is 0 Å². The van der Waals surface area contributed by atoms with Gasteiger partial charge in [-0.3, -0.25) is 0 Å². The van der Waals surface area contributed by atoms with E-state index in [4.69, 9.17) is 5.11 Å². The van der Waals surface area contributed by atoms with Crippen molar-refractivity contribution in [1.29, 1.82) is 0 Å². The third-order valence-electron chi connectivity index (χ3n) is 2.56. The van der Waals surface area contributed by atoms with Gasteiger partial charge < -0.3 is 10.4 Å². The molecule has 17 heavy (non-hydrogen) atoms. The van der Waals surface area contributed by atoms with Crippen molar-refractivity contribution in [2.75, 3.05) is 18.6 Å². The Balaban J connectivity index is 2.54. The number of nitrogens with one attached hydrogen (secondary N) is 1. The average molecular weight is 257 g/mol. The van der Waals surface area contributed by atoms with E-state index in [0.29, 0.717) is 6.54 Å². The highest BCUT2D eigenvalue weighted by atomic mass is 32.2. The highest BCUT2D eigenvalue weighted by molar-refractivity contribution is 7.90. The first-order valence-corrected chi connectivity index (χ1v) is 7.59. The summed E-state index contributed by atoms with van der Waals surface area (Å²) in [4.78, 5) is 0. The third-order valence-corrected chi connectivity index (χ3v) is 3.50. The Labute approximate surface area is 103 Å². The molecular formula is C12H19NO3S. The molecule has 0 aliphatic heterocycles. The lowest BCUT2D eigenvalue weighted by atomic mass is 10.1. The molecule has 0 saturated carbocycles. The summed E-state index contributed by atoms with van der Waals surface area (Å²) in [5.74, 6) is 0.136. The SMILES string of the molecule is CC(NCCS(C)(=O)=O)c1cccc(CO)c1. The van der Waals surface area contributed by atoms with Crippen LogP contribution in [0.2, 0.25) is 0 Å². The van der Waals surface area contributed by atoms with E-state index in [0.717, 1.165) is 11.1 Å². The first kappa shape index (κ1) is 14.2. The fourth-order valence-electron chi connectivity index (χ4n) is 1.54. The maximum Gasteiger partial charge on any atom is 0.148 e. The molecule has 4 nitrogen and oxygen atoms in total. The summed E-state index contributed by atoms with van der Waals surface area (Å²) in [5, 5.41) is 12.2. The third kappa shape index (κ3) is 5.30. The number of sulfone groups is 1. The lowest BCUT2D eigenvalue weighted by Crippen LogP contribution is -2.25. The van der Waals surface area contributed by atoms with E-state index in [-0.39, 0.29) is 18.4 Å². The number of hydrogen-bond donors (Lipinski definition) is 2. The van der Waals surface area contributed by atoms with Crippen LogP contribution >= 0.6 is 0 Å². The lowest BCUT2D eigenvalue weighted by Gasteiger charge is -2.14. The number of aliphatic hydroxyl groups is 1. The second-order valence-electron chi connectivity index (χ2n) is 4.21. The summed E-state index contributed by atoms with van der Waals surface area (Å²) in [6, 6.07) is 7.68. The smallest absolute Gasteiger partial charge is 0.148 e. The van der Waals surface area contributed by atoms with Crippen LogP contribution in [0.15, 0.2) is 24.3 Å². The van der Waals surface area contributed by atoms with Crippen molar-refractivity contribution >= 4 is 9.84 Å². The molecular weight excluding hydrogens is 238 g/mol. The fraction of sp³-hybridized carbons (Fsp3) is 0.500. The van der Waals surface area contributed by atoms with Gasteiger partial charge >= 0.3 is 0 Å². The zero-order chi connectivity index (χ0) is 12.9. The highest BCUT2D eigenvalue weighted by Gasteiger charge is 2.07. The van der Waals surface area contributed by atoms with Crippen molar-refractivity contribution in [2.24, 2.45) is 0 Å². The molecule has 0 amide bonds. The molecule has 0 heterocycles. The monoisotopic (exact) mass is 257 g/mol. The highest BCUT2D eigenvalue weighted by Crippen LogP contribution is 2.13. The molecule has 5 heteroatoms. The fourth-order valence-corrected chi connectivity index (χ4v) is 2.03. The average Bonchev–Trinajstić information content (AvgIpc) is 2.27. The molecule has 1 unspecified atom stereocenters. The molecule has 0 bridgehead atoms. The minimum Gasteiger partial charge on any atom is -0.392 e. The molecule has 1 rings (SSSR count). The van der Waals surface area contributed by atoms with E-state index in [1.165, 1.54) is 6.26 Å². The van der Waals surface area contributed by atoms with Crippen LogP contribution in [-0.4, -0.2) is 32.1 Å². The molecule has 0 aliphatic carbocycles. The van der Waals surface area contributed by atoms with Crippen LogP contribution in [0.25, 0.3) is 0 Å². The van der Waals surface area contributed by atoms with Crippen molar-refractivity contribution in [3.63, 3.8) is 0 Å². The van der Waals surface area contributed by atoms with E-state index in [2.05, 4.69) is 5.32 Å². The molecule has 96 valence electrons. The quantitative estimate of drug-likeness (QED) is 0.794.